The average molecular weight is 334 g/mol. The van der Waals surface area contributed by atoms with Gasteiger partial charge < -0.3 is 10.3 Å². The van der Waals surface area contributed by atoms with Crippen LogP contribution in [-0.4, -0.2) is 40.3 Å². The van der Waals surface area contributed by atoms with E-state index in [1.54, 1.807) is 6.20 Å². The second-order valence-corrected chi connectivity index (χ2v) is 6.63. The van der Waals surface area contributed by atoms with Crippen molar-refractivity contribution < 1.29 is 4.79 Å². The number of carbonyl (C=O) groups excluding carboxylic acids is 1. The summed E-state index contributed by atoms with van der Waals surface area (Å²) in [7, 11) is 0. The zero-order valence-corrected chi connectivity index (χ0v) is 14.1. The van der Waals surface area contributed by atoms with Crippen LogP contribution in [0.25, 0.3) is 11.0 Å². The highest BCUT2D eigenvalue weighted by Gasteiger charge is 2.21. The summed E-state index contributed by atoms with van der Waals surface area (Å²) in [5.74, 6) is 0. The molecule has 2 aromatic heterocycles. The number of nitrogens with one attached hydrogen (secondary N) is 2. The Balaban J connectivity index is 1.42. The number of nitrogens with zero attached hydrogens (tertiary/aromatic N) is 2. The monoisotopic (exact) mass is 334 g/mol. The number of pyridine rings is 1. The molecule has 2 N–H and O–H groups in total. The molecule has 0 radical (unpaired) electrons. The number of aromatic nitrogens is 2. The minimum atomic E-state index is 0.381. The molecule has 0 bridgehead atoms. The van der Waals surface area contributed by atoms with E-state index < -0.39 is 0 Å². The number of hydrogen-bond donors (Lipinski definition) is 2. The minimum absolute atomic E-state index is 0.381. The van der Waals surface area contributed by atoms with Crippen LogP contribution in [0.2, 0.25) is 0 Å². The Morgan fingerprint density at radius 3 is 2.76 bits per heavy atom. The van der Waals surface area contributed by atoms with Gasteiger partial charge in [0.2, 0.25) is 0 Å². The number of carbonyl (C=O) groups is 1. The number of likely N-dealkylation sites (tertiary alicyclic amines) is 1. The van der Waals surface area contributed by atoms with E-state index in [1.807, 2.05) is 12.3 Å². The predicted molar refractivity (Wildman–Crippen MR) is 99.8 cm³/mol. The number of rotatable bonds is 5. The molecule has 0 atom stereocenters. The number of piperidine rings is 1. The van der Waals surface area contributed by atoms with E-state index in [9.17, 15) is 4.79 Å². The third-order valence-corrected chi connectivity index (χ3v) is 4.93. The lowest BCUT2D eigenvalue weighted by atomic mass is 10.0. The van der Waals surface area contributed by atoms with Crippen LogP contribution in [0.5, 0.6) is 0 Å². The number of benzene rings is 1. The van der Waals surface area contributed by atoms with Gasteiger partial charge in [-0.2, -0.15) is 0 Å². The predicted octanol–water partition coefficient (Wildman–Crippen LogP) is 3.45. The van der Waals surface area contributed by atoms with E-state index in [4.69, 9.17) is 0 Å². The van der Waals surface area contributed by atoms with Crippen LogP contribution in [0.1, 0.15) is 28.8 Å². The third-order valence-electron chi connectivity index (χ3n) is 4.93. The Kier molecular flexibility index (Phi) is 4.48. The Morgan fingerprint density at radius 1 is 1.20 bits per heavy atom. The summed E-state index contributed by atoms with van der Waals surface area (Å²) in [5.41, 5.74) is 3.71. The summed E-state index contributed by atoms with van der Waals surface area (Å²) in [6.07, 6.45) is 6.52. The third kappa shape index (κ3) is 3.42. The second kappa shape index (κ2) is 7.07. The fraction of sp³-hybridized carbons (Fsp3) is 0.300. The number of fused-ring (bicyclic) bond motifs is 1. The van der Waals surface area contributed by atoms with Crippen LogP contribution in [-0.2, 0) is 6.54 Å². The quantitative estimate of drug-likeness (QED) is 0.702. The highest BCUT2D eigenvalue weighted by Crippen LogP contribution is 2.27. The number of H-pyrrole nitrogens is 1. The van der Waals surface area contributed by atoms with Crippen molar-refractivity contribution in [3.63, 3.8) is 0 Å². The molecule has 128 valence electrons. The van der Waals surface area contributed by atoms with Crippen LogP contribution >= 0.6 is 0 Å². The van der Waals surface area contributed by atoms with Crippen LogP contribution in [0.3, 0.4) is 0 Å². The normalized spacial score (nSPS) is 16.2. The SMILES string of the molecule is O=Cc1cnc2[nH]ccc2c1NC1CCN(Cc2ccccc2)CC1. The molecule has 0 saturated carbocycles. The van der Waals surface area contributed by atoms with Crippen LogP contribution in [0.4, 0.5) is 5.69 Å². The Morgan fingerprint density at radius 2 is 2.00 bits per heavy atom. The highest BCUT2D eigenvalue weighted by molar-refractivity contribution is 5.99. The molecule has 0 aliphatic carbocycles. The fourth-order valence-corrected chi connectivity index (χ4v) is 3.55. The van der Waals surface area contributed by atoms with Crippen molar-refractivity contribution in [3.05, 3.63) is 59.9 Å². The molecule has 1 saturated heterocycles. The molecule has 5 heteroatoms. The lowest BCUT2D eigenvalue weighted by molar-refractivity contribution is 0.112. The Hall–Kier alpha value is -2.66. The summed E-state index contributed by atoms with van der Waals surface area (Å²) in [4.78, 5) is 21.3. The van der Waals surface area contributed by atoms with Crippen molar-refractivity contribution in [3.8, 4) is 0 Å². The van der Waals surface area contributed by atoms with E-state index in [2.05, 4.69) is 50.5 Å². The van der Waals surface area contributed by atoms with Gasteiger partial charge >= 0.3 is 0 Å². The molecule has 1 aliphatic rings. The van der Waals surface area contributed by atoms with Crippen LogP contribution in [0.15, 0.2) is 48.8 Å². The zero-order chi connectivity index (χ0) is 17.1. The fourth-order valence-electron chi connectivity index (χ4n) is 3.55. The van der Waals surface area contributed by atoms with Gasteiger partial charge in [-0.05, 0) is 24.5 Å². The van der Waals surface area contributed by atoms with Gasteiger partial charge in [-0.15, -0.1) is 0 Å². The Labute approximate surface area is 147 Å². The van der Waals surface area contributed by atoms with Crippen molar-refractivity contribution in [1.82, 2.24) is 14.9 Å². The maximum atomic E-state index is 11.4. The standard InChI is InChI=1S/C20H22N4O/c25-14-16-12-22-20-18(6-9-21-20)19(16)23-17-7-10-24(11-8-17)13-15-4-2-1-3-5-15/h1-6,9,12,14,17H,7-8,10-11,13H2,(H2,21,22,23). The van der Waals surface area contributed by atoms with Gasteiger partial charge in [0.1, 0.15) is 5.65 Å². The van der Waals surface area contributed by atoms with Gasteiger partial charge in [0.15, 0.2) is 6.29 Å². The van der Waals surface area contributed by atoms with E-state index in [0.717, 1.165) is 55.5 Å². The molecular formula is C20H22N4O. The molecule has 0 unspecified atom stereocenters. The first kappa shape index (κ1) is 15.8. The van der Waals surface area contributed by atoms with Gasteiger partial charge in [0, 0.05) is 43.5 Å². The second-order valence-electron chi connectivity index (χ2n) is 6.63. The lowest BCUT2D eigenvalue weighted by Gasteiger charge is -2.33. The first-order valence-corrected chi connectivity index (χ1v) is 8.77. The molecule has 0 amide bonds. The van der Waals surface area contributed by atoms with Crippen LogP contribution < -0.4 is 5.32 Å². The van der Waals surface area contributed by atoms with E-state index in [-0.39, 0.29) is 0 Å². The number of hydrogen-bond acceptors (Lipinski definition) is 4. The van der Waals surface area contributed by atoms with Gasteiger partial charge in [-0.1, -0.05) is 30.3 Å². The topological polar surface area (TPSA) is 61.0 Å². The van der Waals surface area contributed by atoms with Gasteiger partial charge in [0.25, 0.3) is 0 Å². The largest absolute Gasteiger partial charge is 0.381 e. The maximum Gasteiger partial charge on any atom is 0.153 e. The van der Waals surface area contributed by atoms with E-state index >= 15 is 0 Å². The summed E-state index contributed by atoms with van der Waals surface area (Å²) < 4.78 is 0. The summed E-state index contributed by atoms with van der Waals surface area (Å²) in [5, 5.41) is 4.58. The molecule has 5 nitrogen and oxygen atoms in total. The lowest BCUT2D eigenvalue weighted by Crippen LogP contribution is -2.38. The van der Waals surface area contributed by atoms with Gasteiger partial charge in [-0.25, -0.2) is 4.98 Å². The number of anilines is 1. The molecule has 0 spiro atoms. The molecule has 1 fully saturated rings. The van der Waals surface area contributed by atoms with E-state index in [1.165, 1.54) is 5.56 Å². The number of aromatic amines is 1. The first-order chi connectivity index (χ1) is 12.3. The van der Waals surface area contributed by atoms with E-state index in [0.29, 0.717) is 11.6 Å². The summed E-state index contributed by atoms with van der Waals surface area (Å²) >= 11 is 0. The average Bonchev–Trinajstić information content (AvgIpc) is 3.13. The zero-order valence-electron chi connectivity index (χ0n) is 14.1. The van der Waals surface area contributed by atoms with Gasteiger partial charge in [-0.3, -0.25) is 9.69 Å². The maximum absolute atomic E-state index is 11.4. The van der Waals surface area contributed by atoms with Crippen molar-refractivity contribution in [2.75, 3.05) is 18.4 Å². The molecule has 1 aromatic carbocycles. The Bertz CT molecular complexity index is 851. The van der Waals surface area contributed by atoms with Crippen molar-refractivity contribution in [2.45, 2.75) is 25.4 Å². The molecule has 3 heterocycles. The van der Waals surface area contributed by atoms with Crippen molar-refractivity contribution in [2.24, 2.45) is 0 Å². The number of aldehydes is 1. The molecule has 3 aromatic rings. The first-order valence-electron chi connectivity index (χ1n) is 8.77. The smallest absolute Gasteiger partial charge is 0.153 e. The molecule has 25 heavy (non-hydrogen) atoms. The molecular weight excluding hydrogens is 312 g/mol. The minimum Gasteiger partial charge on any atom is -0.381 e. The summed E-state index contributed by atoms with van der Waals surface area (Å²) in [6.45, 7) is 3.12. The summed E-state index contributed by atoms with van der Waals surface area (Å²) in [6, 6.07) is 13.0. The van der Waals surface area contributed by atoms with Gasteiger partial charge in [0.05, 0.1) is 11.3 Å². The molecule has 1 aliphatic heterocycles. The highest BCUT2D eigenvalue weighted by atomic mass is 16.1. The van der Waals surface area contributed by atoms with Crippen LogP contribution in [0, 0.1) is 0 Å². The molecule has 4 rings (SSSR count). The van der Waals surface area contributed by atoms with Crippen molar-refractivity contribution in [1.29, 1.82) is 0 Å². The van der Waals surface area contributed by atoms with Crippen molar-refractivity contribution >= 4 is 23.0 Å².